The number of carbonyl (C=O) groups is 9. The number of hydrogen-bond acceptors (Lipinski definition) is 15. The van der Waals surface area contributed by atoms with Gasteiger partial charge in [-0.3, -0.25) is 43.2 Å². The van der Waals surface area contributed by atoms with Gasteiger partial charge in [0.05, 0.1) is 0 Å². The minimum Gasteiger partial charge on any atom is -0.427 e. The van der Waals surface area contributed by atoms with Gasteiger partial charge in [-0.1, -0.05) is 185 Å². The predicted octanol–water partition coefficient (Wildman–Crippen LogP) is 11.3. The van der Waals surface area contributed by atoms with E-state index >= 15 is 0 Å². The number of ether oxygens (including phenoxy) is 3. The number of ketones is 5. The summed E-state index contributed by atoms with van der Waals surface area (Å²) in [6.45, 7) is 0.411. The molecule has 0 unspecified atom stereocenters. The van der Waals surface area contributed by atoms with Crippen LogP contribution in [-0.2, 0) is 67.8 Å². The van der Waals surface area contributed by atoms with Gasteiger partial charge in [-0.05, 0) is 104 Å². The van der Waals surface area contributed by atoms with Crippen molar-refractivity contribution in [2.24, 2.45) is 0 Å². The lowest BCUT2D eigenvalue weighted by Crippen LogP contribution is -2.54. The average Bonchev–Trinajstić information content (AvgIpc) is 0.946. The summed E-state index contributed by atoms with van der Waals surface area (Å²) in [5, 5.41) is 2.60. The van der Waals surface area contributed by atoms with Gasteiger partial charge in [0.1, 0.15) is 17.2 Å². The zero-order chi connectivity index (χ0) is 66.2. The maximum absolute atomic E-state index is 13.9. The maximum Gasteiger partial charge on any atom is 0.336 e. The number of aromatic nitrogens is 3. The van der Waals surface area contributed by atoms with Gasteiger partial charge in [0.2, 0.25) is 28.9 Å². The van der Waals surface area contributed by atoms with E-state index in [1.165, 1.54) is 0 Å². The maximum atomic E-state index is 13.9. The molecule has 0 aliphatic rings. The molecule has 486 valence electrons. The van der Waals surface area contributed by atoms with Crippen molar-refractivity contribution >= 4 is 52.7 Å². The fourth-order valence-corrected chi connectivity index (χ4v) is 10.4. The molecular formula is C74H80N4O15. The summed E-state index contributed by atoms with van der Waals surface area (Å²) in [4.78, 5) is 154. The smallest absolute Gasteiger partial charge is 0.336 e. The molecule has 93 heavy (non-hydrogen) atoms. The van der Waals surface area contributed by atoms with E-state index in [0.717, 1.165) is 44.1 Å². The van der Waals surface area contributed by atoms with Gasteiger partial charge in [-0.15, -0.1) is 0 Å². The Balaban J connectivity index is 0.823. The molecule has 1 heterocycles. The van der Waals surface area contributed by atoms with Crippen molar-refractivity contribution in [3.05, 3.63) is 229 Å². The Morgan fingerprint density at radius 2 is 0.581 bits per heavy atom. The molecule has 1 N–H and O–H groups in total. The summed E-state index contributed by atoms with van der Waals surface area (Å²) in [6.07, 6.45) is 10.7. The van der Waals surface area contributed by atoms with Gasteiger partial charge in [0, 0.05) is 75.0 Å². The van der Waals surface area contributed by atoms with Crippen molar-refractivity contribution in [3.63, 3.8) is 0 Å². The normalized spacial score (nSPS) is 10.9. The molecule has 7 rings (SSSR count). The monoisotopic (exact) mass is 1260 g/mol. The van der Waals surface area contributed by atoms with Gasteiger partial charge in [-0.2, -0.15) is 0 Å². The van der Waals surface area contributed by atoms with Crippen molar-refractivity contribution in [1.82, 2.24) is 19.0 Å². The molecule has 6 aromatic carbocycles. The van der Waals surface area contributed by atoms with Crippen LogP contribution >= 0.6 is 0 Å². The van der Waals surface area contributed by atoms with Crippen LogP contribution in [0.15, 0.2) is 178 Å². The second kappa shape index (κ2) is 38.0. The molecule has 0 spiro atoms. The van der Waals surface area contributed by atoms with Crippen LogP contribution in [0.1, 0.15) is 176 Å². The number of aryl methyl sites for hydroxylation is 2. The first-order valence-corrected chi connectivity index (χ1v) is 32.1. The number of carbonyl (C=O) groups excluding carboxylic acids is 9. The summed E-state index contributed by atoms with van der Waals surface area (Å²) in [7, 11) is 0. The van der Waals surface area contributed by atoms with Gasteiger partial charge in [0.25, 0.3) is 5.91 Å². The van der Waals surface area contributed by atoms with Crippen LogP contribution in [-0.4, -0.2) is 66.4 Å². The van der Waals surface area contributed by atoms with E-state index in [2.05, 4.69) is 5.32 Å². The second-order valence-electron chi connectivity index (χ2n) is 22.8. The topological polar surface area (TPSA) is 259 Å². The number of amides is 1. The Morgan fingerprint density at radius 3 is 0.903 bits per heavy atom. The lowest BCUT2D eigenvalue weighted by atomic mass is 10.0. The fourth-order valence-electron chi connectivity index (χ4n) is 10.4. The number of rotatable bonds is 41. The molecule has 0 bridgehead atoms. The fraction of sp³-hybridized carbons (Fsp3) is 0.351. The molecule has 0 saturated carbocycles. The summed E-state index contributed by atoms with van der Waals surface area (Å²) in [6, 6.07) is 45.3. The highest BCUT2D eigenvalue weighted by Crippen LogP contribution is 2.20. The number of Topliss-reactive ketones (excluding diaryl/α,β-unsaturated/α-hetero) is 5. The predicted molar refractivity (Wildman–Crippen MR) is 349 cm³/mol. The zero-order valence-electron chi connectivity index (χ0n) is 52.4. The number of nitrogens with zero attached hydrogens (tertiary/aromatic N) is 3. The highest BCUT2D eigenvalue weighted by molar-refractivity contribution is 6.44. The molecule has 1 aromatic heterocycles. The number of hydrogen-bond donors (Lipinski definition) is 1. The first-order valence-electron chi connectivity index (χ1n) is 32.1. The zero-order valence-corrected chi connectivity index (χ0v) is 52.4. The summed E-state index contributed by atoms with van der Waals surface area (Å²) < 4.78 is 19.9. The van der Waals surface area contributed by atoms with E-state index in [1.807, 2.05) is 0 Å². The van der Waals surface area contributed by atoms with E-state index in [9.17, 15) is 57.5 Å². The third-order valence-corrected chi connectivity index (χ3v) is 15.7. The summed E-state index contributed by atoms with van der Waals surface area (Å²) in [5.41, 5.74) is 1.34. The third kappa shape index (κ3) is 23.6. The lowest BCUT2D eigenvalue weighted by Gasteiger charge is -2.14. The third-order valence-electron chi connectivity index (χ3n) is 15.7. The molecule has 0 radical (unpaired) electrons. The minimum absolute atomic E-state index is 0.0561. The van der Waals surface area contributed by atoms with Gasteiger partial charge in [-0.25, -0.2) is 28.1 Å². The molecule has 0 atom stereocenters. The quantitative estimate of drug-likeness (QED) is 0.0123. The highest BCUT2D eigenvalue weighted by Gasteiger charge is 2.20. The van der Waals surface area contributed by atoms with Gasteiger partial charge < -0.3 is 19.5 Å². The van der Waals surface area contributed by atoms with Crippen LogP contribution in [0.5, 0.6) is 17.2 Å². The van der Waals surface area contributed by atoms with E-state index in [0.29, 0.717) is 129 Å². The first kappa shape index (κ1) is 70.4. The van der Waals surface area contributed by atoms with Crippen LogP contribution < -0.4 is 36.6 Å². The molecule has 19 nitrogen and oxygen atoms in total. The van der Waals surface area contributed by atoms with Crippen LogP contribution in [0, 0.1) is 0 Å². The summed E-state index contributed by atoms with van der Waals surface area (Å²) in [5.74, 6) is -3.49. The number of nitrogens with one attached hydrogen (secondary N) is 1. The minimum atomic E-state index is -0.725. The van der Waals surface area contributed by atoms with E-state index in [1.54, 1.807) is 164 Å². The SMILES string of the molecule is O=C(CCCCCCCn1c(=O)n(CCCCCCCC(=O)Oc2ccc(CCC(=O)C(=O)c3ccccc3)cc2)c(=O)n(CCCCCCCC(=O)Oc2ccc(CNC(=O)C(=O)c3ccccc3)cc2)c1=O)Oc1ccc(CCC(=O)C(=O)c2ccccc2)cc1. The Labute approximate surface area is 540 Å². The van der Waals surface area contributed by atoms with E-state index < -0.39 is 69.8 Å². The van der Waals surface area contributed by atoms with Crippen molar-refractivity contribution in [2.75, 3.05) is 0 Å². The lowest BCUT2D eigenvalue weighted by molar-refractivity contribution is -0.135. The first-order chi connectivity index (χ1) is 45.1. The average molecular weight is 1270 g/mol. The van der Waals surface area contributed by atoms with E-state index in [4.69, 9.17) is 14.2 Å². The van der Waals surface area contributed by atoms with Gasteiger partial charge >= 0.3 is 35.0 Å². The molecular weight excluding hydrogens is 1180 g/mol. The Bertz CT molecular complexity index is 3390. The number of unbranched alkanes of at least 4 members (excludes halogenated alkanes) is 12. The second-order valence-corrected chi connectivity index (χ2v) is 22.8. The highest BCUT2D eigenvalue weighted by atomic mass is 16.5. The van der Waals surface area contributed by atoms with Crippen LogP contribution in [0.3, 0.4) is 0 Å². The summed E-state index contributed by atoms with van der Waals surface area (Å²) >= 11 is 0. The Hall–Kier alpha value is -10.0. The molecule has 7 aromatic rings. The number of esters is 3. The molecule has 0 fully saturated rings. The van der Waals surface area contributed by atoms with Crippen molar-refractivity contribution in [2.45, 2.75) is 167 Å². The molecule has 0 aliphatic carbocycles. The van der Waals surface area contributed by atoms with Crippen molar-refractivity contribution in [3.8, 4) is 17.2 Å². The largest absolute Gasteiger partial charge is 0.427 e. The molecule has 19 heteroatoms. The number of benzene rings is 6. The Morgan fingerprint density at radius 1 is 0.301 bits per heavy atom. The van der Waals surface area contributed by atoms with E-state index in [-0.39, 0.29) is 58.3 Å². The molecule has 0 saturated heterocycles. The standard InChI is InChI=1S/C74H80N4O15/c79-63(68(84)57-25-13-10-14-26-57)48-40-54-34-42-60(43-35-54)91-65(81)31-19-4-1-7-22-50-76-72(88)77(51-23-8-2-5-20-32-66(82)92-61-44-36-55(37-45-61)41-49-64(80)69(85)58-27-15-11-16-28-58)74(90)78(73(76)89)52-24-9-3-6-21-33-67(83)93-62-46-38-56(39-47-62)53-75-71(87)70(86)59-29-17-12-18-30-59/h10-18,25-30,34-39,42-47H,1-9,19-24,31-33,40-41,48-53H2,(H,75,87). The van der Waals surface area contributed by atoms with Crippen LogP contribution in [0.25, 0.3) is 0 Å². The molecule has 0 aliphatic heterocycles. The van der Waals surface area contributed by atoms with Gasteiger partial charge in [0.15, 0.2) is 0 Å². The van der Waals surface area contributed by atoms with Crippen LogP contribution in [0.4, 0.5) is 0 Å². The molecule has 1 amide bonds. The van der Waals surface area contributed by atoms with Crippen molar-refractivity contribution in [1.29, 1.82) is 0 Å². The Kier molecular flexibility index (Phi) is 28.7. The van der Waals surface area contributed by atoms with Crippen LogP contribution in [0.2, 0.25) is 0 Å². The van der Waals surface area contributed by atoms with Crippen molar-refractivity contribution < 1.29 is 57.4 Å².